The lowest BCUT2D eigenvalue weighted by molar-refractivity contribution is 0.122. The number of fused-ring (bicyclic) bond motifs is 1. The Bertz CT molecular complexity index is 761. The first kappa shape index (κ1) is 18.1. The molecule has 4 rings (SSSR count). The van der Waals surface area contributed by atoms with Crippen molar-refractivity contribution in [3.63, 3.8) is 0 Å². The van der Waals surface area contributed by atoms with Crippen LogP contribution in [0.25, 0.3) is 0 Å². The van der Waals surface area contributed by atoms with Crippen molar-refractivity contribution in [1.82, 2.24) is 19.9 Å². The summed E-state index contributed by atoms with van der Waals surface area (Å²) in [5, 5.41) is 3.55. The molecule has 144 valence electrons. The summed E-state index contributed by atoms with van der Waals surface area (Å²) in [5.74, 6) is 1.82. The molecule has 0 radical (unpaired) electrons. The first-order valence-corrected chi connectivity index (χ1v) is 9.79. The second-order valence-electron chi connectivity index (χ2n) is 7.51. The van der Waals surface area contributed by atoms with Gasteiger partial charge in [0.15, 0.2) is 0 Å². The van der Waals surface area contributed by atoms with E-state index in [1.165, 1.54) is 16.8 Å². The predicted octanol–water partition coefficient (Wildman–Crippen LogP) is 2.09. The molecule has 0 amide bonds. The molecule has 1 saturated heterocycles. The fraction of sp³-hybridized carbons (Fsp3) is 0.550. The van der Waals surface area contributed by atoms with Gasteiger partial charge in [0.2, 0.25) is 5.95 Å². The van der Waals surface area contributed by atoms with Crippen LogP contribution < -0.4 is 10.2 Å². The summed E-state index contributed by atoms with van der Waals surface area (Å²) >= 11 is 0. The van der Waals surface area contributed by atoms with Gasteiger partial charge in [-0.15, -0.1) is 0 Å². The lowest BCUT2D eigenvalue weighted by Crippen LogP contribution is -2.38. The monoisotopic (exact) mass is 368 g/mol. The van der Waals surface area contributed by atoms with Crippen molar-refractivity contribution in [2.75, 3.05) is 43.1 Å². The molecule has 2 aromatic heterocycles. The Labute approximate surface area is 160 Å². The molecule has 7 nitrogen and oxygen atoms in total. The fourth-order valence-corrected chi connectivity index (χ4v) is 3.64. The van der Waals surface area contributed by atoms with Gasteiger partial charge < -0.3 is 15.0 Å². The van der Waals surface area contributed by atoms with Crippen LogP contribution in [0.15, 0.2) is 24.5 Å². The number of anilines is 2. The minimum atomic E-state index is 0.331. The summed E-state index contributed by atoms with van der Waals surface area (Å²) in [5.41, 5.74) is 3.71. The molecule has 0 spiro atoms. The van der Waals surface area contributed by atoms with Gasteiger partial charge in [0.05, 0.1) is 18.9 Å². The quantitative estimate of drug-likeness (QED) is 0.867. The van der Waals surface area contributed by atoms with Gasteiger partial charge in [0.25, 0.3) is 0 Å². The smallest absolute Gasteiger partial charge is 0.227 e. The number of ether oxygens (including phenoxy) is 1. The highest BCUT2D eigenvalue weighted by Gasteiger charge is 2.25. The maximum atomic E-state index is 5.48. The number of aromatic nitrogens is 3. The van der Waals surface area contributed by atoms with Gasteiger partial charge in [-0.2, -0.15) is 4.98 Å². The van der Waals surface area contributed by atoms with E-state index in [0.29, 0.717) is 6.04 Å². The largest absolute Gasteiger partial charge is 0.378 e. The number of hydrogen-bond donors (Lipinski definition) is 1. The minimum Gasteiger partial charge on any atom is -0.378 e. The summed E-state index contributed by atoms with van der Waals surface area (Å²) in [6.45, 7) is 10.3. The van der Waals surface area contributed by atoms with E-state index in [9.17, 15) is 0 Å². The van der Waals surface area contributed by atoms with E-state index in [-0.39, 0.29) is 0 Å². The number of rotatable bonds is 5. The van der Waals surface area contributed by atoms with Gasteiger partial charge in [-0.3, -0.25) is 9.88 Å². The van der Waals surface area contributed by atoms with Crippen LogP contribution in [0, 0.1) is 0 Å². The number of nitrogens with one attached hydrogen (secondary N) is 1. The van der Waals surface area contributed by atoms with Crippen LogP contribution in [-0.4, -0.2) is 58.7 Å². The number of morpholine rings is 1. The average Bonchev–Trinajstić information content (AvgIpc) is 2.69. The highest BCUT2D eigenvalue weighted by Crippen LogP contribution is 2.28. The zero-order valence-electron chi connectivity index (χ0n) is 16.2. The van der Waals surface area contributed by atoms with Gasteiger partial charge in [0, 0.05) is 63.1 Å². The summed E-state index contributed by atoms with van der Waals surface area (Å²) in [6, 6.07) is 4.50. The van der Waals surface area contributed by atoms with Gasteiger partial charge in [-0.25, -0.2) is 4.98 Å². The molecule has 2 aliphatic heterocycles. The summed E-state index contributed by atoms with van der Waals surface area (Å²) in [4.78, 5) is 18.6. The molecule has 0 aromatic carbocycles. The molecule has 0 unspecified atom stereocenters. The van der Waals surface area contributed by atoms with Gasteiger partial charge in [-0.05, 0) is 31.5 Å². The minimum absolute atomic E-state index is 0.331. The third-order valence-corrected chi connectivity index (χ3v) is 5.00. The molecule has 7 heteroatoms. The zero-order chi connectivity index (χ0) is 18.6. The van der Waals surface area contributed by atoms with Gasteiger partial charge >= 0.3 is 0 Å². The Morgan fingerprint density at radius 1 is 1.11 bits per heavy atom. The van der Waals surface area contributed by atoms with E-state index in [4.69, 9.17) is 14.7 Å². The Hall–Kier alpha value is -2.25. The van der Waals surface area contributed by atoms with Crippen LogP contribution in [0.3, 0.4) is 0 Å². The van der Waals surface area contributed by atoms with Crippen molar-refractivity contribution >= 4 is 11.8 Å². The third kappa shape index (κ3) is 4.36. The maximum absolute atomic E-state index is 5.48. The molecule has 1 N–H and O–H groups in total. The molecular weight excluding hydrogens is 340 g/mol. The second-order valence-corrected chi connectivity index (χ2v) is 7.51. The normalized spacial score (nSPS) is 17.8. The molecule has 0 saturated carbocycles. The Morgan fingerprint density at radius 3 is 2.63 bits per heavy atom. The number of hydrogen-bond acceptors (Lipinski definition) is 7. The molecule has 1 fully saturated rings. The van der Waals surface area contributed by atoms with Gasteiger partial charge in [0.1, 0.15) is 5.82 Å². The van der Waals surface area contributed by atoms with E-state index in [1.807, 2.05) is 12.4 Å². The van der Waals surface area contributed by atoms with Crippen LogP contribution >= 0.6 is 0 Å². The highest BCUT2D eigenvalue weighted by atomic mass is 16.5. The number of pyridine rings is 1. The Morgan fingerprint density at radius 2 is 1.89 bits per heavy atom. The van der Waals surface area contributed by atoms with Crippen LogP contribution in [-0.2, 0) is 24.2 Å². The fourth-order valence-electron chi connectivity index (χ4n) is 3.64. The van der Waals surface area contributed by atoms with Crippen LogP contribution in [0.5, 0.6) is 0 Å². The van der Waals surface area contributed by atoms with Gasteiger partial charge in [-0.1, -0.05) is 0 Å². The SMILES string of the molecule is CC(C)Nc1nc(N2CCOCC2)nc2c1CN(Cc1ccncc1)CC2. The maximum Gasteiger partial charge on any atom is 0.227 e. The standard InChI is InChI=1S/C20H28N6O/c1-15(2)22-19-17-14-25(13-16-3-6-21-7-4-16)8-5-18(17)23-20(24-19)26-9-11-27-12-10-26/h3-4,6-7,15H,5,8-14H2,1-2H3,(H,22,23,24). The van der Waals surface area contributed by atoms with E-state index in [0.717, 1.165) is 64.1 Å². The first-order valence-electron chi connectivity index (χ1n) is 9.79. The van der Waals surface area contributed by atoms with Crippen molar-refractivity contribution in [3.05, 3.63) is 41.3 Å². The lowest BCUT2D eigenvalue weighted by atomic mass is 10.0. The first-order chi connectivity index (χ1) is 13.2. The number of nitrogens with zero attached hydrogens (tertiary/aromatic N) is 5. The van der Waals surface area contributed by atoms with Crippen molar-refractivity contribution < 1.29 is 4.74 Å². The molecule has 0 atom stereocenters. The van der Waals surface area contributed by atoms with E-state index >= 15 is 0 Å². The molecule has 4 heterocycles. The van der Waals surface area contributed by atoms with Crippen molar-refractivity contribution in [1.29, 1.82) is 0 Å². The lowest BCUT2D eigenvalue weighted by Gasteiger charge is -2.32. The molecular formula is C20H28N6O. The predicted molar refractivity (Wildman–Crippen MR) is 106 cm³/mol. The molecule has 2 aromatic rings. The van der Waals surface area contributed by atoms with E-state index < -0.39 is 0 Å². The molecule has 0 bridgehead atoms. The Kier molecular flexibility index (Phi) is 5.50. The second kappa shape index (κ2) is 8.19. The molecule has 27 heavy (non-hydrogen) atoms. The Balaban J connectivity index is 1.58. The van der Waals surface area contributed by atoms with E-state index in [1.54, 1.807) is 0 Å². The van der Waals surface area contributed by atoms with Crippen molar-refractivity contribution in [3.8, 4) is 0 Å². The van der Waals surface area contributed by atoms with Crippen molar-refractivity contribution in [2.24, 2.45) is 0 Å². The van der Waals surface area contributed by atoms with E-state index in [2.05, 4.69) is 46.1 Å². The third-order valence-electron chi connectivity index (χ3n) is 5.00. The average molecular weight is 368 g/mol. The molecule has 0 aliphatic carbocycles. The highest BCUT2D eigenvalue weighted by molar-refractivity contribution is 5.53. The summed E-state index contributed by atoms with van der Waals surface area (Å²) in [7, 11) is 0. The topological polar surface area (TPSA) is 66.4 Å². The summed E-state index contributed by atoms with van der Waals surface area (Å²) in [6.07, 6.45) is 4.67. The zero-order valence-corrected chi connectivity index (χ0v) is 16.2. The van der Waals surface area contributed by atoms with Crippen molar-refractivity contribution in [2.45, 2.75) is 39.4 Å². The van der Waals surface area contributed by atoms with Crippen LogP contribution in [0.1, 0.15) is 30.7 Å². The summed E-state index contributed by atoms with van der Waals surface area (Å²) < 4.78 is 5.48. The van der Waals surface area contributed by atoms with Crippen LogP contribution in [0.4, 0.5) is 11.8 Å². The molecule has 2 aliphatic rings. The van der Waals surface area contributed by atoms with Crippen LogP contribution in [0.2, 0.25) is 0 Å².